The van der Waals surface area contributed by atoms with Gasteiger partial charge in [0.1, 0.15) is 6.23 Å². The van der Waals surface area contributed by atoms with Crippen LogP contribution in [0.15, 0.2) is 12.2 Å². The van der Waals surface area contributed by atoms with E-state index in [1.165, 1.54) is 17.1 Å². The van der Waals surface area contributed by atoms with Crippen molar-refractivity contribution in [3.63, 3.8) is 0 Å². The van der Waals surface area contributed by atoms with Crippen molar-refractivity contribution in [3.8, 4) is 0 Å². The molecule has 1 aliphatic heterocycles. The van der Waals surface area contributed by atoms with Crippen molar-refractivity contribution in [2.75, 3.05) is 26.3 Å². The minimum absolute atomic E-state index is 0.0670. The van der Waals surface area contributed by atoms with Crippen LogP contribution < -0.4 is 5.32 Å². The van der Waals surface area contributed by atoms with E-state index in [9.17, 15) is 14.7 Å². The molecule has 6 heteroatoms. The molecule has 25 heavy (non-hydrogen) atoms. The van der Waals surface area contributed by atoms with E-state index in [-0.39, 0.29) is 17.7 Å². The average Bonchev–Trinajstić information content (AvgIpc) is 2.92. The Morgan fingerprint density at radius 3 is 2.72 bits per heavy atom. The first-order chi connectivity index (χ1) is 12.0. The van der Waals surface area contributed by atoms with Gasteiger partial charge in [0.2, 0.25) is 11.8 Å². The van der Waals surface area contributed by atoms with Gasteiger partial charge in [-0.25, -0.2) is 0 Å². The summed E-state index contributed by atoms with van der Waals surface area (Å²) in [4.78, 5) is 25.5. The Morgan fingerprint density at radius 2 is 2.12 bits per heavy atom. The zero-order valence-electron chi connectivity index (χ0n) is 15.4. The maximum absolute atomic E-state index is 12.3. The molecule has 1 aliphatic carbocycles. The Hall–Kier alpha value is -1.40. The van der Waals surface area contributed by atoms with E-state index in [4.69, 9.17) is 4.74 Å². The van der Waals surface area contributed by atoms with Crippen LogP contribution in [0, 0.1) is 17.8 Å². The van der Waals surface area contributed by atoms with Crippen molar-refractivity contribution < 1.29 is 19.4 Å². The van der Waals surface area contributed by atoms with Crippen LogP contribution in [-0.4, -0.2) is 54.4 Å². The van der Waals surface area contributed by atoms with Gasteiger partial charge in [0.05, 0.1) is 6.61 Å². The minimum atomic E-state index is -0.787. The van der Waals surface area contributed by atoms with Crippen molar-refractivity contribution >= 4 is 11.8 Å². The highest BCUT2D eigenvalue weighted by Crippen LogP contribution is 2.30. The van der Waals surface area contributed by atoms with E-state index in [1.807, 2.05) is 0 Å². The van der Waals surface area contributed by atoms with Crippen LogP contribution in [0.2, 0.25) is 0 Å². The number of hydrogen-bond acceptors (Lipinski definition) is 4. The zero-order chi connectivity index (χ0) is 18.2. The first-order valence-electron chi connectivity index (χ1n) is 9.53. The van der Waals surface area contributed by atoms with E-state index in [0.29, 0.717) is 31.5 Å². The van der Waals surface area contributed by atoms with E-state index in [0.717, 1.165) is 38.7 Å². The molecule has 142 valence electrons. The number of hydrogen-bond donors (Lipinski definition) is 2. The summed E-state index contributed by atoms with van der Waals surface area (Å²) in [6.07, 6.45) is 6.71. The lowest BCUT2D eigenvalue weighted by molar-refractivity contribution is -0.133. The lowest BCUT2D eigenvalue weighted by atomic mass is 9.81. The Morgan fingerprint density at radius 1 is 1.40 bits per heavy atom. The summed E-state index contributed by atoms with van der Waals surface area (Å²) < 4.78 is 5.51. The van der Waals surface area contributed by atoms with Crippen molar-refractivity contribution in [2.24, 2.45) is 17.8 Å². The van der Waals surface area contributed by atoms with E-state index >= 15 is 0 Å². The fraction of sp³-hybridized carbons (Fsp3) is 0.789. The highest BCUT2D eigenvalue weighted by atomic mass is 16.5. The summed E-state index contributed by atoms with van der Waals surface area (Å²) in [5.41, 5.74) is 0. The molecule has 2 aliphatic rings. The molecule has 0 spiro atoms. The molecule has 2 rings (SSSR count). The fourth-order valence-electron chi connectivity index (χ4n) is 3.49. The van der Waals surface area contributed by atoms with Crippen molar-refractivity contribution in [1.82, 2.24) is 10.2 Å². The first-order valence-corrected chi connectivity index (χ1v) is 9.53. The lowest BCUT2D eigenvalue weighted by Crippen LogP contribution is -2.40. The molecule has 0 saturated heterocycles. The molecule has 6 nitrogen and oxygen atoms in total. The van der Waals surface area contributed by atoms with Crippen molar-refractivity contribution in [2.45, 2.75) is 52.2 Å². The summed E-state index contributed by atoms with van der Waals surface area (Å²) in [6, 6.07) is 0. The summed E-state index contributed by atoms with van der Waals surface area (Å²) in [6.45, 7) is 6.85. The number of rotatable bonds is 9. The van der Waals surface area contributed by atoms with Gasteiger partial charge in [-0.3, -0.25) is 9.59 Å². The van der Waals surface area contributed by atoms with Gasteiger partial charge in [-0.1, -0.05) is 13.8 Å². The molecule has 0 bridgehead atoms. The molecule has 0 aromatic carbocycles. The molecule has 1 saturated carbocycles. The summed E-state index contributed by atoms with van der Waals surface area (Å²) in [5, 5.41) is 12.8. The van der Waals surface area contributed by atoms with Crippen LogP contribution in [0.3, 0.4) is 0 Å². The number of aliphatic hydroxyl groups is 1. The van der Waals surface area contributed by atoms with Crippen LogP contribution >= 0.6 is 0 Å². The van der Waals surface area contributed by atoms with Gasteiger partial charge in [0, 0.05) is 31.7 Å². The Bertz CT molecular complexity index is 472. The summed E-state index contributed by atoms with van der Waals surface area (Å²) in [7, 11) is 0. The molecule has 2 unspecified atom stereocenters. The van der Waals surface area contributed by atoms with Crippen LogP contribution in [0.25, 0.3) is 0 Å². The number of carbonyl (C=O) groups is 2. The van der Waals surface area contributed by atoms with E-state index in [1.54, 1.807) is 0 Å². The molecule has 1 heterocycles. The number of aliphatic hydroxyl groups excluding tert-OH is 1. The second-order valence-corrected chi connectivity index (χ2v) is 7.41. The smallest absolute Gasteiger partial charge is 0.248 e. The Balaban J connectivity index is 1.64. The molecule has 1 fully saturated rings. The topological polar surface area (TPSA) is 78.9 Å². The molecular weight excluding hydrogens is 320 g/mol. The van der Waals surface area contributed by atoms with Gasteiger partial charge >= 0.3 is 0 Å². The van der Waals surface area contributed by atoms with Gasteiger partial charge in [0.25, 0.3) is 0 Å². The van der Waals surface area contributed by atoms with Gasteiger partial charge in [0.15, 0.2) is 0 Å². The number of nitrogens with zero attached hydrogens (tertiary/aromatic N) is 1. The number of nitrogens with one attached hydrogen (secondary N) is 1. The van der Waals surface area contributed by atoms with Crippen LogP contribution in [0.5, 0.6) is 0 Å². The average molecular weight is 352 g/mol. The maximum Gasteiger partial charge on any atom is 0.248 e. The monoisotopic (exact) mass is 352 g/mol. The molecule has 0 aromatic rings. The Kier molecular flexibility index (Phi) is 7.90. The molecule has 2 N–H and O–H groups in total. The number of carbonyl (C=O) groups excluding carboxylic acids is 2. The third kappa shape index (κ3) is 6.12. The molecule has 2 amide bonds. The predicted octanol–water partition coefficient (Wildman–Crippen LogP) is 1.69. The van der Waals surface area contributed by atoms with E-state index in [2.05, 4.69) is 19.2 Å². The third-order valence-electron chi connectivity index (χ3n) is 5.06. The lowest BCUT2D eigenvalue weighted by Gasteiger charge is -2.32. The molecular formula is C19H32N2O4. The van der Waals surface area contributed by atoms with E-state index < -0.39 is 6.23 Å². The van der Waals surface area contributed by atoms with Crippen molar-refractivity contribution in [3.05, 3.63) is 12.2 Å². The highest BCUT2D eigenvalue weighted by Gasteiger charge is 2.31. The van der Waals surface area contributed by atoms with Crippen LogP contribution in [0.4, 0.5) is 0 Å². The standard InChI is InChI=1S/C19H32N2O4/c1-3-10-25-13-14(2)11-20-19(24)16-6-4-15(5-7-16)12-21-17(22)8-9-18(21)23/h8-9,14-17,22H,3-7,10-13H2,1-2H3,(H,20,24). The second-order valence-electron chi connectivity index (χ2n) is 7.41. The summed E-state index contributed by atoms with van der Waals surface area (Å²) in [5.74, 6) is 0.773. The first kappa shape index (κ1) is 19.9. The van der Waals surface area contributed by atoms with Crippen LogP contribution in [0.1, 0.15) is 46.0 Å². The van der Waals surface area contributed by atoms with Crippen molar-refractivity contribution in [1.29, 1.82) is 0 Å². The highest BCUT2D eigenvalue weighted by molar-refractivity contribution is 5.90. The maximum atomic E-state index is 12.3. The van der Waals surface area contributed by atoms with Gasteiger partial charge < -0.3 is 20.1 Å². The van der Waals surface area contributed by atoms with Gasteiger partial charge in [-0.15, -0.1) is 0 Å². The SMILES string of the molecule is CCCOCC(C)CNC(=O)C1CCC(CN2C(=O)C=CC2O)CC1. The van der Waals surface area contributed by atoms with Gasteiger partial charge in [-0.05, 0) is 50.0 Å². The third-order valence-corrected chi connectivity index (χ3v) is 5.06. The molecule has 0 radical (unpaired) electrons. The normalized spacial score (nSPS) is 27.6. The number of ether oxygens (including phenoxy) is 1. The summed E-state index contributed by atoms with van der Waals surface area (Å²) >= 11 is 0. The minimum Gasteiger partial charge on any atom is -0.381 e. The van der Waals surface area contributed by atoms with Gasteiger partial charge in [-0.2, -0.15) is 0 Å². The molecule has 2 atom stereocenters. The fourth-order valence-corrected chi connectivity index (χ4v) is 3.49. The quantitative estimate of drug-likeness (QED) is 0.619. The number of amides is 2. The molecule has 0 aromatic heterocycles. The largest absolute Gasteiger partial charge is 0.381 e. The van der Waals surface area contributed by atoms with Crippen LogP contribution in [-0.2, 0) is 14.3 Å². The zero-order valence-corrected chi connectivity index (χ0v) is 15.4. The Labute approximate surface area is 150 Å². The predicted molar refractivity (Wildman–Crippen MR) is 95.6 cm³/mol. The second kappa shape index (κ2) is 9.92.